The summed E-state index contributed by atoms with van der Waals surface area (Å²) in [5.74, 6) is 0.782. The van der Waals surface area contributed by atoms with Crippen molar-refractivity contribution >= 4 is 5.65 Å². The molecule has 2 aromatic heterocycles. The fourth-order valence-electron chi connectivity index (χ4n) is 2.50. The Morgan fingerprint density at radius 1 is 1.29 bits per heavy atom. The summed E-state index contributed by atoms with van der Waals surface area (Å²) in [6.07, 6.45) is 2.27. The number of fused-ring (bicyclic) bond motifs is 1. The molecular weight excluding hydrogens is 262 g/mol. The molecule has 3 aromatic rings. The van der Waals surface area contributed by atoms with Crippen LogP contribution in [0.4, 0.5) is 0 Å². The third kappa shape index (κ3) is 2.23. The normalized spacial score (nSPS) is 10.5. The number of aryl methyl sites for hydroxylation is 1. The molecule has 1 aromatic carbocycles. The molecule has 3 rings (SSSR count). The lowest BCUT2D eigenvalue weighted by Crippen LogP contribution is -1.94. The van der Waals surface area contributed by atoms with E-state index >= 15 is 0 Å². The molecule has 0 aliphatic heterocycles. The van der Waals surface area contributed by atoms with Crippen molar-refractivity contribution in [2.75, 3.05) is 7.11 Å². The molecule has 0 N–H and O–H groups in total. The zero-order valence-corrected chi connectivity index (χ0v) is 12.0. The number of ether oxygens (including phenoxy) is 1. The molecule has 0 amide bonds. The van der Waals surface area contributed by atoms with Gasteiger partial charge in [-0.05, 0) is 30.7 Å². The Balaban J connectivity index is 2.28. The maximum atomic E-state index is 9.12. The molecule has 4 nitrogen and oxygen atoms in total. The van der Waals surface area contributed by atoms with Gasteiger partial charge in [0.2, 0.25) is 0 Å². The van der Waals surface area contributed by atoms with Crippen LogP contribution in [0.1, 0.15) is 11.3 Å². The summed E-state index contributed by atoms with van der Waals surface area (Å²) < 4.78 is 7.27. The Hall–Kier alpha value is -2.80. The van der Waals surface area contributed by atoms with E-state index in [1.807, 2.05) is 53.9 Å². The van der Waals surface area contributed by atoms with Crippen molar-refractivity contribution in [2.45, 2.75) is 13.3 Å². The standard InChI is InChI=1S/C17H15N3O/c1-12-5-4-10-20-15(8-9-18)16(19-17(12)20)13-6-3-7-14(11-13)21-2/h3-7,10-11H,8H2,1-2H3. The second-order valence-corrected chi connectivity index (χ2v) is 4.86. The van der Waals surface area contributed by atoms with E-state index in [1.54, 1.807) is 7.11 Å². The first kappa shape index (κ1) is 13.2. The van der Waals surface area contributed by atoms with E-state index in [4.69, 9.17) is 15.0 Å². The lowest BCUT2D eigenvalue weighted by atomic mass is 10.1. The molecule has 104 valence electrons. The van der Waals surface area contributed by atoms with Crippen LogP contribution in [0.2, 0.25) is 0 Å². The number of nitrogens with zero attached hydrogens (tertiary/aromatic N) is 3. The van der Waals surface area contributed by atoms with E-state index in [-0.39, 0.29) is 0 Å². The van der Waals surface area contributed by atoms with Gasteiger partial charge in [-0.25, -0.2) is 4.98 Å². The predicted molar refractivity (Wildman–Crippen MR) is 81.2 cm³/mol. The van der Waals surface area contributed by atoms with Crippen molar-refractivity contribution in [1.29, 1.82) is 5.26 Å². The third-order valence-corrected chi connectivity index (χ3v) is 3.53. The van der Waals surface area contributed by atoms with Crippen molar-refractivity contribution in [3.8, 4) is 23.1 Å². The van der Waals surface area contributed by atoms with Crippen LogP contribution < -0.4 is 4.74 Å². The van der Waals surface area contributed by atoms with Gasteiger partial charge in [0, 0.05) is 11.8 Å². The summed E-state index contributed by atoms with van der Waals surface area (Å²) in [6, 6.07) is 14.0. The number of imidazole rings is 1. The Labute approximate surface area is 123 Å². The average molecular weight is 277 g/mol. The van der Waals surface area contributed by atoms with E-state index in [2.05, 4.69) is 6.07 Å². The van der Waals surface area contributed by atoms with E-state index in [0.29, 0.717) is 6.42 Å². The zero-order chi connectivity index (χ0) is 14.8. The van der Waals surface area contributed by atoms with Crippen LogP contribution in [0.15, 0.2) is 42.6 Å². The molecule has 0 fully saturated rings. The summed E-state index contributed by atoms with van der Waals surface area (Å²) in [6.45, 7) is 2.02. The highest BCUT2D eigenvalue weighted by molar-refractivity contribution is 5.69. The fraction of sp³-hybridized carbons (Fsp3) is 0.176. The number of pyridine rings is 1. The quantitative estimate of drug-likeness (QED) is 0.737. The highest BCUT2D eigenvalue weighted by Crippen LogP contribution is 2.28. The zero-order valence-electron chi connectivity index (χ0n) is 12.0. The third-order valence-electron chi connectivity index (χ3n) is 3.53. The van der Waals surface area contributed by atoms with Crippen LogP contribution in [-0.2, 0) is 6.42 Å². The lowest BCUT2D eigenvalue weighted by molar-refractivity contribution is 0.415. The Kier molecular flexibility index (Phi) is 3.33. The average Bonchev–Trinajstić information content (AvgIpc) is 2.88. The molecule has 2 heterocycles. The maximum absolute atomic E-state index is 9.12. The molecule has 0 bridgehead atoms. The van der Waals surface area contributed by atoms with Crippen LogP contribution in [-0.4, -0.2) is 16.5 Å². The SMILES string of the molecule is COc1cccc(-c2nc3c(C)cccn3c2CC#N)c1. The molecule has 0 atom stereocenters. The molecule has 21 heavy (non-hydrogen) atoms. The van der Waals surface area contributed by atoms with Gasteiger partial charge in [0.15, 0.2) is 0 Å². The van der Waals surface area contributed by atoms with Gasteiger partial charge in [-0.3, -0.25) is 0 Å². The van der Waals surface area contributed by atoms with Crippen molar-refractivity contribution in [1.82, 2.24) is 9.38 Å². The maximum Gasteiger partial charge on any atom is 0.140 e. The number of methoxy groups -OCH3 is 1. The second kappa shape index (κ2) is 5.29. The summed E-state index contributed by atoms with van der Waals surface area (Å²) in [4.78, 5) is 4.73. The first-order chi connectivity index (χ1) is 10.2. The smallest absolute Gasteiger partial charge is 0.140 e. The highest BCUT2D eigenvalue weighted by atomic mass is 16.5. The van der Waals surface area contributed by atoms with Crippen LogP contribution in [0.5, 0.6) is 5.75 Å². The summed E-state index contributed by atoms with van der Waals surface area (Å²) in [7, 11) is 1.64. The lowest BCUT2D eigenvalue weighted by Gasteiger charge is -2.04. The van der Waals surface area contributed by atoms with Gasteiger partial charge in [-0.1, -0.05) is 18.2 Å². The van der Waals surface area contributed by atoms with Gasteiger partial charge in [-0.2, -0.15) is 5.26 Å². The number of hydrogen-bond acceptors (Lipinski definition) is 3. The number of benzene rings is 1. The summed E-state index contributed by atoms with van der Waals surface area (Å²) in [5, 5.41) is 9.12. The topological polar surface area (TPSA) is 50.3 Å². The first-order valence-electron chi connectivity index (χ1n) is 6.72. The summed E-state index contributed by atoms with van der Waals surface area (Å²) in [5.41, 5.74) is 4.68. The molecule has 0 saturated heterocycles. The Bertz CT molecular complexity index is 843. The van der Waals surface area contributed by atoms with Gasteiger partial charge >= 0.3 is 0 Å². The van der Waals surface area contributed by atoms with Gasteiger partial charge in [-0.15, -0.1) is 0 Å². The first-order valence-corrected chi connectivity index (χ1v) is 6.72. The minimum Gasteiger partial charge on any atom is -0.497 e. The van der Waals surface area contributed by atoms with Crippen LogP contribution in [0, 0.1) is 18.3 Å². The van der Waals surface area contributed by atoms with Crippen molar-refractivity contribution in [3.05, 3.63) is 53.9 Å². The number of rotatable bonds is 3. The molecule has 0 unspecified atom stereocenters. The van der Waals surface area contributed by atoms with Crippen molar-refractivity contribution in [3.63, 3.8) is 0 Å². The molecule has 0 aliphatic rings. The highest BCUT2D eigenvalue weighted by Gasteiger charge is 2.15. The monoisotopic (exact) mass is 277 g/mol. The van der Waals surface area contributed by atoms with E-state index in [1.165, 1.54) is 0 Å². The van der Waals surface area contributed by atoms with Gasteiger partial charge in [0.25, 0.3) is 0 Å². The molecule has 4 heteroatoms. The summed E-state index contributed by atoms with van der Waals surface area (Å²) >= 11 is 0. The van der Waals surface area contributed by atoms with Gasteiger partial charge < -0.3 is 9.14 Å². The Morgan fingerprint density at radius 2 is 2.14 bits per heavy atom. The molecule has 0 saturated carbocycles. The van der Waals surface area contributed by atoms with Crippen LogP contribution >= 0.6 is 0 Å². The number of nitriles is 1. The second-order valence-electron chi connectivity index (χ2n) is 4.86. The molecule has 0 spiro atoms. The van der Waals surface area contributed by atoms with Crippen molar-refractivity contribution in [2.24, 2.45) is 0 Å². The van der Waals surface area contributed by atoms with Crippen LogP contribution in [0.25, 0.3) is 16.9 Å². The number of aromatic nitrogens is 2. The van der Waals surface area contributed by atoms with Gasteiger partial charge in [0.05, 0.1) is 31.0 Å². The van der Waals surface area contributed by atoms with E-state index in [9.17, 15) is 0 Å². The minimum absolute atomic E-state index is 0.317. The minimum atomic E-state index is 0.317. The molecule has 0 aliphatic carbocycles. The van der Waals surface area contributed by atoms with Crippen LogP contribution in [0.3, 0.4) is 0 Å². The van der Waals surface area contributed by atoms with E-state index < -0.39 is 0 Å². The largest absolute Gasteiger partial charge is 0.497 e. The van der Waals surface area contributed by atoms with Gasteiger partial charge in [0.1, 0.15) is 11.4 Å². The fourth-order valence-corrected chi connectivity index (χ4v) is 2.50. The molecule has 0 radical (unpaired) electrons. The number of hydrogen-bond donors (Lipinski definition) is 0. The predicted octanol–water partition coefficient (Wildman–Crippen LogP) is 3.38. The Morgan fingerprint density at radius 3 is 2.90 bits per heavy atom. The van der Waals surface area contributed by atoms with E-state index in [0.717, 1.165) is 33.9 Å². The molecular formula is C17H15N3O. The van der Waals surface area contributed by atoms with Crippen molar-refractivity contribution < 1.29 is 4.74 Å².